The van der Waals surface area contributed by atoms with E-state index < -0.39 is 17.9 Å². The van der Waals surface area contributed by atoms with Crippen LogP contribution in [0.3, 0.4) is 0 Å². The molecule has 0 fully saturated rings. The van der Waals surface area contributed by atoms with Gasteiger partial charge in [0.1, 0.15) is 11.5 Å². The number of hydrogen-bond acceptors (Lipinski definition) is 5. The van der Waals surface area contributed by atoms with E-state index in [0.29, 0.717) is 36.1 Å². The molecule has 2 N–H and O–H groups in total. The Morgan fingerprint density at radius 3 is 2.32 bits per heavy atom. The average Bonchev–Trinajstić information content (AvgIpc) is 2.80. The monoisotopic (exact) mass is 419 g/mol. The molecule has 1 atom stereocenters. The summed E-state index contributed by atoms with van der Waals surface area (Å²) in [4.78, 5) is 29.8. The van der Waals surface area contributed by atoms with E-state index >= 15 is 0 Å². The predicted molar refractivity (Wildman–Crippen MR) is 118 cm³/mol. The van der Waals surface area contributed by atoms with Crippen LogP contribution < -0.4 is 20.1 Å². The van der Waals surface area contributed by atoms with Crippen molar-refractivity contribution in [2.45, 2.75) is 19.9 Å². The van der Waals surface area contributed by atoms with Gasteiger partial charge in [0.2, 0.25) is 0 Å². The molecular formula is C24H25N3O4. The van der Waals surface area contributed by atoms with Crippen molar-refractivity contribution in [1.29, 1.82) is 0 Å². The Kier molecular flexibility index (Phi) is 7.59. The van der Waals surface area contributed by atoms with E-state index in [-0.39, 0.29) is 0 Å². The molecule has 7 heteroatoms. The van der Waals surface area contributed by atoms with E-state index in [2.05, 4.69) is 15.6 Å². The molecule has 0 radical (unpaired) electrons. The lowest BCUT2D eigenvalue weighted by Gasteiger charge is -2.19. The first-order valence-electron chi connectivity index (χ1n) is 10.1. The van der Waals surface area contributed by atoms with Crippen molar-refractivity contribution in [1.82, 2.24) is 10.3 Å². The average molecular weight is 419 g/mol. The van der Waals surface area contributed by atoms with Gasteiger partial charge in [-0.05, 0) is 43.7 Å². The van der Waals surface area contributed by atoms with Crippen LogP contribution in [0.5, 0.6) is 11.5 Å². The fraction of sp³-hybridized carbons (Fsp3) is 0.208. The summed E-state index contributed by atoms with van der Waals surface area (Å²) in [5.74, 6) is -0.580. The fourth-order valence-electron chi connectivity index (χ4n) is 3.04. The number of benzene rings is 2. The molecule has 7 nitrogen and oxygen atoms in total. The summed E-state index contributed by atoms with van der Waals surface area (Å²) in [5.41, 5.74) is 1.81. The molecule has 1 heterocycles. The third-order valence-corrected chi connectivity index (χ3v) is 4.41. The quantitative estimate of drug-likeness (QED) is 0.543. The first kappa shape index (κ1) is 21.8. The van der Waals surface area contributed by atoms with Crippen LogP contribution in [0.4, 0.5) is 5.69 Å². The second kappa shape index (κ2) is 10.8. The molecule has 2 amide bonds. The topological polar surface area (TPSA) is 89.5 Å². The van der Waals surface area contributed by atoms with Crippen LogP contribution in [0.25, 0.3) is 0 Å². The number of nitrogens with one attached hydrogen (secondary N) is 2. The summed E-state index contributed by atoms with van der Waals surface area (Å²) in [6, 6.07) is 19.3. The van der Waals surface area contributed by atoms with Crippen LogP contribution >= 0.6 is 0 Å². The van der Waals surface area contributed by atoms with E-state index in [1.54, 1.807) is 36.5 Å². The van der Waals surface area contributed by atoms with Crippen LogP contribution in [0, 0.1) is 0 Å². The lowest BCUT2D eigenvalue weighted by molar-refractivity contribution is -0.136. The van der Waals surface area contributed by atoms with Crippen LogP contribution in [-0.2, 0) is 9.59 Å². The fourth-order valence-corrected chi connectivity index (χ4v) is 3.04. The van der Waals surface area contributed by atoms with Gasteiger partial charge < -0.3 is 20.1 Å². The summed E-state index contributed by atoms with van der Waals surface area (Å²) in [6.07, 6.45) is 1.64. The maximum absolute atomic E-state index is 12.8. The molecule has 0 spiro atoms. The van der Waals surface area contributed by atoms with Gasteiger partial charge in [-0.25, -0.2) is 0 Å². The highest BCUT2D eigenvalue weighted by Crippen LogP contribution is 2.29. The zero-order chi connectivity index (χ0) is 22.1. The number of anilines is 1. The molecule has 160 valence electrons. The lowest BCUT2D eigenvalue weighted by atomic mass is 10.0. The molecular weight excluding hydrogens is 394 g/mol. The van der Waals surface area contributed by atoms with Gasteiger partial charge in [-0.3, -0.25) is 14.6 Å². The number of hydrogen-bond donors (Lipinski definition) is 2. The molecule has 31 heavy (non-hydrogen) atoms. The molecule has 0 bridgehead atoms. The summed E-state index contributed by atoms with van der Waals surface area (Å²) >= 11 is 0. The SMILES string of the molecule is CCOc1ccc(OCC)c(NC(=O)C(=O)N[C@H](c2ccccc2)c2ccccn2)c1. The number of nitrogens with zero attached hydrogens (tertiary/aromatic N) is 1. The molecule has 0 saturated heterocycles. The van der Waals surface area contributed by atoms with Gasteiger partial charge in [0, 0.05) is 12.3 Å². The Morgan fingerprint density at radius 1 is 0.903 bits per heavy atom. The van der Waals surface area contributed by atoms with Crippen molar-refractivity contribution in [3.8, 4) is 11.5 Å². The van der Waals surface area contributed by atoms with E-state index in [9.17, 15) is 9.59 Å². The zero-order valence-corrected chi connectivity index (χ0v) is 17.5. The van der Waals surface area contributed by atoms with Crippen molar-refractivity contribution < 1.29 is 19.1 Å². The van der Waals surface area contributed by atoms with Gasteiger partial charge in [-0.1, -0.05) is 36.4 Å². The smallest absolute Gasteiger partial charge is 0.313 e. The number of amides is 2. The molecule has 1 aromatic heterocycles. The standard InChI is InChI=1S/C24H25N3O4/c1-3-30-18-13-14-21(31-4-2)20(16-18)26-23(28)24(29)27-22(17-10-6-5-7-11-17)19-12-8-9-15-25-19/h5-16,22H,3-4H2,1-2H3,(H,26,28)(H,27,29)/t22-/m1/s1. The minimum absolute atomic E-state index is 0.363. The second-order valence-corrected chi connectivity index (χ2v) is 6.55. The molecule has 0 saturated carbocycles. The highest BCUT2D eigenvalue weighted by Gasteiger charge is 2.23. The third kappa shape index (κ3) is 5.82. The number of pyridine rings is 1. The number of carbonyl (C=O) groups is 2. The first-order chi connectivity index (χ1) is 15.1. The molecule has 0 aliphatic heterocycles. The molecule has 3 rings (SSSR count). The number of aromatic nitrogens is 1. The van der Waals surface area contributed by atoms with Gasteiger partial charge >= 0.3 is 11.8 Å². The predicted octanol–water partition coefficient (Wildman–Crippen LogP) is 3.72. The minimum Gasteiger partial charge on any atom is -0.494 e. The second-order valence-electron chi connectivity index (χ2n) is 6.55. The van der Waals surface area contributed by atoms with Gasteiger partial charge in [-0.2, -0.15) is 0 Å². The van der Waals surface area contributed by atoms with Gasteiger partial charge in [0.05, 0.1) is 30.6 Å². The Labute approximate surface area is 181 Å². The van der Waals surface area contributed by atoms with Gasteiger partial charge in [0.15, 0.2) is 0 Å². The van der Waals surface area contributed by atoms with E-state index in [1.807, 2.05) is 50.2 Å². The third-order valence-electron chi connectivity index (χ3n) is 4.41. The van der Waals surface area contributed by atoms with Crippen molar-refractivity contribution in [2.75, 3.05) is 18.5 Å². The first-order valence-corrected chi connectivity index (χ1v) is 10.1. The highest BCUT2D eigenvalue weighted by atomic mass is 16.5. The molecule has 3 aromatic rings. The van der Waals surface area contributed by atoms with Crippen molar-refractivity contribution in [3.63, 3.8) is 0 Å². The largest absolute Gasteiger partial charge is 0.494 e. The summed E-state index contributed by atoms with van der Waals surface area (Å²) in [5, 5.41) is 5.40. The van der Waals surface area contributed by atoms with Gasteiger partial charge in [-0.15, -0.1) is 0 Å². The zero-order valence-electron chi connectivity index (χ0n) is 17.5. The Balaban J connectivity index is 1.80. The summed E-state index contributed by atoms with van der Waals surface area (Å²) < 4.78 is 11.0. The lowest BCUT2D eigenvalue weighted by Crippen LogP contribution is -2.38. The highest BCUT2D eigenvalue weighted by molar-refractivity contribution is 6.39. The number of carbonyl (C=O) groups excluding carboxylic acids is 2. The van der Waals surface area contributed by atoms with Crippen LogP contribution in [0.15, 0.2) is 72.9 Å². The van der Waals surface area contributed by atoms with Crippen molar-refractivity contribution >= 4 is 17.5 Å². The summed E-state index contributed by atoms with van der Waals surface area (Å²) in [7, 11) is 0. The van der Waals surface area contributed by atoms with E-state index in [1.165, 1.54) is 0 Å². The van der Waals surface area contributed by atoms with Gasteiger partial charge in [0.25, 0.3) is 0 Å². The number of ether oxygens (including phenoxy) is 2. The maximum atomic E-state index is 12.8. The van der Waals surface area contributed by atoms with Crippen molar-refractivity contribution in [2.24, 2.45) is 0 Å². The summed E-state index contributed by atoms with van der Waals surface area (Å²) in [6.45, 7) is 4.60. The van der Waals surface area contributed by atoms with E-state index in [0.717, 1.165) is 5.56 Å². The van der Waals surface area contributed by atoms with Crippen LogP contribution in [0.1, 0.15) is 31.1 Å². The normalized spacial score (nSPS) is 11.3. The maximum Gasteiger partial charge on any atom is 0.313 e. The molecule has 0 unspecified atom stereocenters. The van der Waals surface area contributed by atoms with Crippen LogP contribution in [0.2, 0.25) is 0 Å². The Bertz CT molecular complexity index is 970. The molecule has 0 aliphatic rings. The number of rotatable bonds is 8. The Morgan fingerprint density at radius 2 is 1.65 bits per heavy atom. The minimum atomic E-state index is -0.813. The van der Waals surface area contributed by atoms with Crippen molar-refractivity contribution in [3.05, 3.63) is 84.2 Å². The molecule has 2 aromatic carbocycles. The Hall–Kier alpha value is -3.87. The molecule has 0 aliphatic carbocycles. The van der Waals surface area contributed by atoms with E-state index in [4.69, 9.17) is 9.47 Å². The van der Waals surface area contributed by atoms with Crippen LogP contribution in [-0.4, -0.2) is 30.0 Å².